The number of hydrogen-bond donors (Lipinski definition) is 1. The smallest absolute Gasteiger partial charge is 0.405 e. The van der Waals surface area contributed by atoms with Gasteiger partial charge in [0.15, 0.2) is 0 Å². The normalized spacial score (nSPS) is 16.6. The molecule has 1 rings (SSSR count). The third-order valence-corrected chi connectivity index (χ3v) is 3.77. The van der Waals surface area contributed by atoms with Crippen molar-refractivity contribution >= 4 is 24.2 Å². The van der Waals surface area contributed by atoms with Crippen LogP contribution in [0.2, 0.25) is 0 Å². The van der Waals surface area contributed by atoms with E-state index in [9.17, 15) is 9.36 Å². The molecule has 0 spiro atoms. The molecule has 0 aromatic heterocycles. The topological polar surface area (TPSA) is 73.9 Å². The van der Waals surface area contributed by atoms with Gasteiger partial charge in [0.05, 0.1) is 6.10 Å². The molecule has 21 heavy (non-hydrogen) atoms. The van der Waals surface area contributed by atoms with Gasteiger partial charge in [-0.2, -0.15) is 5.48 Å². The first-order valence-corrected chi connectivity index (χ1v) is 8.97. The molecule has 0 bridgehead atoms. The molecule has 0 fully saturated rings. The van der Waals surface area contributed by atoms with Gasteiger partial charge in [-0.05, 0) is 32.4 Å². The summed E-state index contributed by atoms with van der Waals surface area (Å²) in [5.41, 5.74) is 2.51. The molecule has 6 nitrogen and oxygen atoms in total. The summed E-state index contributed by atoms with van der Waals surface area (Å²) in [6.45, 7) is 1.24. The Morgan fingerprint density at radius 3 is 2.52 bits per heavy atom. The van der Waals surface area contributed by atoms with Crippen LogP contribution in [0.3, 0.4) is 0 Å². The minimum Gasteiger partial charge on any atom is -0.405 e. The number of carbonyl (C=O) groups is 1. The highest BCUT2D eigenvalue weighted by Crippen LogP contribution is 2.53. The zero-order chi connectivity index (χ0) is 15.9. The maximum atomic E-state index is 11.9. The monoisotopic (exact) mass is 335 g/mol. The Labute approximate surface area is 129 Å². The third-order valence-electron chi connectivity index (χ3n) is 2.53. The van der Waals surface area contributed by atoms with Gasteiger partial charge >= 0.3 is 12.9 Å². The summed E-state index contributed by atoms with van der Waals surface area (Å²) in [5.74, 6) is -0.576. The molecule has 0 aliphatic rings. The molecular weight excluding hydrogens is 317 g/mol. The van der Waals surface area contributed by atoms with Crippen LogP contribution in [0.15, 0.2) is 30.3 Å². The van der Waals surface area contributed by atoms with Crippen molar-refractivity contribution in [2.75, 3.05) is 0 Å². The van der Waals surface area contributed by atoms with Gasteiger partial charge in [0.1, 0.15) is 11.8 Å². The number of rotatable bonds is 8. The lowest BCUT2D eigenvalue weighted by molar-refractivity contribution is -0.142. The van der Waals surface area contributed by atoms with E-state index in [1.54, 1.807) is 30.3 Å². The molecule has 2 unspecified atom stereocenters. The van der Waals surface area contributed by atoms with E-state index in [1.165, 1.54) is 6.92 Å². The van der Waals surface area contributed by atoms with Gasteiger partial charge in [-0.3, -0.25) is 4.84 Å². The number of carbonyl (C=O) groups excluding carboxylic acids is 1. The van der Waals surface area contributed by atoms with Crippen LogP contribution in [0.25, 0.3) is 0 Å². The van der Waals surface area contributed by atoms with Gasteiger partial charge in [0, 0.05) is 11.2 Å². The number of hydroxylamine groups is 1. The lowest BCUT2D eigenvalue weighted by Gasteiger charge is -2.18. The molecule has 0 radical (unpaired) electrons. The first-order valence-electron chi connectivity index (χ1n) is 6.53. The maximum Gasteiger partial charge on any atom is 0.532 e. The van der Waals surface area contributed by atoms with Gasteiger partial charge in [0.2, 0.25) is 0 Å². The van der Waals surface area contributed by atoms with E-state index >= 15 is 0 Å². The van der Waals surface area contributed by atoms with E-state index in [-0.39, 0.29) is 11.9 Å². The van der Waals surface area contributed by atoms with Crippen molar-refractivity contribution in [3.05, 3.63) is 30.3 Å². The second-order valence-corrected chi connectivity index (χ2v) is 6.89. The average molecular weight is 336 g/mol. The largest absolute Gasteiger partial charge is 0.532 e. The Morgan fingerprint density at radius 2 is 1.95 bits per heavy atom. The molecule has 1 N–H and O–H groups in total. The van der Waals surface area contributed by atoms with Crippen LogP contribution in [-0.4, -0.2) is 18.1 Å². The predicted molar refractivity (Wildman–Crippen MR) is 80.1 cm³/mol. The van der Waals surface area contributed by atoms with Gasteiger partial charge in [-0.15, -0.1) is 0 Å². The first-order chi connectivity index (χ1) is 9.84. The van der Waals surface area contributed by atoms with Crippen molar-refractivity contribution in [2.45, 2.75) is 39.3 Å². The summed E-state index contributed by atoms with van der Waals surface area (Å²) in [6.07, 6.45) is 0.712. The molecule has 8 heteroatoms. The number of nitrogens with one attached hydrogen (secondary N) is 1. The Kier molecular flexibility index (Phi) is 7.18. The van der Waals surface area contributed by atoms with E-state index < -0.39 is 19.0 Å². The summed E-state index contributed by atoms with van der Waals surface area (Å²) >= 11 is 5.62. The van der Waals surface area contributed by atoms with Crippen LogP contribution in [0.1, 0.15) is 27.2 Å². The summed E-state index contributed by atoms with van der Waals surface area (Å²) in [4.78, 5) is 16.9. The Morgan fingerprint density at radius 1 is 1.33 bits per heavy atom. The quantitative estimate of drug-likeness (QED) is 0.577. The van der Waals surface area contributed by atoms with Crippen LogP contribution >= 0.6 is 18.2 Å². The molecule has 118 valence electrons. The second-order valence-electron chi connectivity index (χ2n) is 4.42. The molecule has 0 heterocycles. The van der Waals surface area contributed by atoms with Crippen LogP contribution < -0.4 is 10.0 Å². The molecule has 0 aliphatic carbocycles. The summed E-state index contributed by atoms with van der Waals surface area (Å²) < 4.78 is 21.6. The molecule has 3 atom stereocenters. The summed E-state index contributed by atoms with van der Waals surface area (Å²) in [7, 11) is 0. The number of para-hydroxylation sites is 1. The zero-order valence-corrected chi connectivity index (χ0v) is 13.8. The first kappa shape index (κ1) is 18.0. The third kappa shape index (κ3) is 6.96. The summed E-state index contributed by atoms with van der Waals surface area (Å²) in [5, 5.41) is 0. The van der Waals surface area contributed by atoms with Crippen LogP contribution in [0.5, 0.6) is 5.75 Å². The van der Waals surface area contributed by atoms with Crippen molar-refractivity contribution in [1.82, 2.24) is 5.48 Å². The molecule has 0 aliphatic heterocycles. The Bertz CT molecular complexity index is 499. The van der Waals surface area contributed by atoms with E-state index in [1.807, 2.05) is 13.8 Å². The fourth-order valence-electron chi connectivity index (χ4n) is 1.16. The average Bonchev–Trinajstić information content (AvgIpc) is 2.44. The van der Waals surface area contributed by atoms with Crippen molar-refractivity contribution < 1.29 is 23.2 Å². The van der Waals surface area contributed by atoms with E-state index in [0.29, 0.717) is 0 Å². The standard InChI is InChI=1S/C13H19ClNO5P/c1-4-10(2)18-15-11(3)13(16)20-21(14,17)19-12-8-6-5-7-9-12/h5-11,15H,4H2,1-3H3/t10?,11-,21?/m0/s1. The molecule has 0 amide bonds. The lowest BCUT2D eigenvalue weighted by Crippen LogP contribution is -2.37. The van der Waals surface area contributed by atoms with Gasteiger partial charge in [-0.1, -0.05) is 25.1 Å². The Hall–Kier alpha value is -1.07. The molecule has 0 saturated carbocycles. The van der Waals surface area contributed by atoms with Gasteiger partial charge in [0.25, 0.3) is 0 Å². The summed E-state index contributed by atoms with van der Waals surface area (Å²) in [6, 6.07) is 7.39. The minimum atomic E-state index is -4.05. The number of hydrogen-bond acceptors (Lipinski definition) is 6. The van der Waals surface area contributed by atoms with E-state index in [4.69, 9.17) is 20.6 Å². The fourth-order valence-corrected chi connectivity index (χ4v) is 2.39. The lowest BCUT2D eigenvalue weighted by atomic mass is 10.3. The molecule has 1 aromatic rings. The number of benzene rings is 1. The highest BCUT2D eigenvalue weighted by Gasteiger charge is 2.30. The zero-order valence-electron chi connectivity index (χ0n) is 12.1. The molecule has 0 saturated heterocycles. The van der Waals surface area contributed by atoms with Crippen molar-refractivity contribution in [3.63, 3.8) is 0 Å². The van der Waals surface area contributed by atoms with E-state index in [2.05, 4.69) is 10.0 Å². The van der Waals surface area contributed by atoms with Crippen LogP contribution in [-0.2, 0) is 18.7 Å². The molecular formula is C13H19ClNO5P. The highest BCUT2D eigenvalue weighted by molar-refractivity contribution is 7.82. The number of halogens is 1. The van der Waals surface area contributed by atoms with E-state index in [0.717, 1.165) is 6.42 Å². The van der Waals surface area contributed by atoms with Crippen molar-refractivity contribution in [2.24, 2.45) is 0 Å². The maximum absolute atomic E-state index is 11.9. The SMILES string of the molecule is CCC(C)ON[C@@H](C)C(=O)OP(=O)(Cl)Oc1ccccc1. The predicted octanol–water partition coefficient (Wildman–Crippen LogP) is 3.66. The minimum absolute atomic E-state index is 0.0661. The Balaban J connectivity index is 2.50. The van der Waals surface area contributed by atoms with Gasteiger partial charge < -0.3 is 9.05 Å². The molecule has 1 aromatic carbocycles. The van der Waals surface area contributed by atoms with Gasteiger partial charge in [-0.25, -0.2) is 9.36 Å². The van der Waals surface area contributed by atoms with Crippen LogP contribution in [0.4, 0.5) is 0 Å². The van der Waals surface area contributed by atoms with Crippen LogP contribution in [0, 0.1) is 0 Å². The van der Waals surface area contributed by atoms with Crippen molar-refractivity contribution in [3.8, 4) is 5.75 Å². The van der Waals surface area contributed by atoms with Crippen molar-refractivity contribution in [1.29, 1.82) is 0 Å². The fraction of sp³-hybridized carbons (Fsp3) is 0.462. The second kappa shape index (κ2) is 8.39. The highest BCUT2D eigenvalue weighted by atomic mass is 35.7.